The van der Waals surface area contributed by atoms with Gasteiger partial charge in [0, 0.05) is 23.4 Å². The minimum atomic E-state index is -1.25. The van der Waals surface area contributed by atoms with Crippen molar-refractivity contribution < 1.29 is 28.5 Å². The first-order valence-corrected chi connectivity index (χ1v) is 8.20. The highest BCUT2D eigenvalue weighted by Gasteiger charge is 2.50. The molecule has 4 atom stereocenters. The maximum atomic E-state index is 11.4. The zero-order valence-corrected chi connectivity index (χ0v) is 14.7. The van der Waals surface area contributed by atoms with Crippen molar-refractivity contribution in [2.75, 3.05) is 0 Å². The number of carbonyl (C=O) groups is 1. The molecule has 1 fully saturated rings. The van der Waals surface area contributed by atoms with E-state index < -0.39 is 35.8 Å². The van der Waals surface area contributed by atoms with Gasteiger partial charge in [-0.15, -0.1) is 0 Å². The maximum absolute atomic E-state index is 11.4. The second kappa shape index (κ2) is 6.62. The molecule has 3 rings (SSSR count). The summed E-state index contributed by atoms with van der Waals surface area (Å²) >= 11 is 0. The Morgan fingerprint density at radius 2 is 1.96 bits per heavy atom. The topological polar surface area (TPSA) is 121 Å². The monoisotopic (exact) mass is 363 g/mol. The van der Waals surface area contributed by atoms with Crippen LogP contribution >= 0.6 is 0 Å². The summed E-state index contributed by atoms with van der Waals surface area (Å²) in [6.45, 7) is 5.39. The molecule has 8 heteroatoms. The van der Waals surface area contributed by atoms with Crippen molar-refractivity contribution in [2.45, 2.75) is 44.9 Å². The molecular weight excluding hydrogens is 342 g/mol. The summed E-state index contributed by atoms with van der Waals surface area (Å²) in [4.78, 5) is 22.5. The van der Waals surface area contributed by atoms with Gasteiger partial charge in [0.25, 0.3) is 0 Å². The van der Waals surface area contributed by atoms with E-state index in [1.165, 1.54) is 12.1 Å². The molecule has 3 N–H and O–H groups in total. The number of aliphatic hydroxyl groups excluding tert-OH is 1. The number of primary amides is 1. The predicted octanol–water partition coefficient (Wildman–Crippen LogP) is 1.77. The predicted molar refractivity (Wildman–Crippen MR) is 91.7 cm³/mol. The van der Waals surface area contributed by atoms with Gasteiger partial charge in [0.15, 0.2) is 6.10 Å². The summed E-state index contributed by atoms with van der Waals surface area (Å²) < 4.78 is 21.8. The summed E-state index contributed by atoms with van der Waals surface area (Å²) in [5.74, 6) is 0.0125. The summed E-state index contributed by atoms with van der Waals surface area (Å²) in [7, 11) is 0. The highest BCUT2D eigenvalue weighted by Crippen LogP contribution is 2.37. The Morgan fingerprint density at radius 1 is 1.27 bits per heavy atom. The first kappa shape index (κ1) is 18.2. The molecule has 1 aromatic carbocycles. The summed E-state index contributed by atoms with van der Waals surface area (Å²) in [5.41, 5.74) is 4.24. The third-order valence-corrected chi connectivity index (χ3v) is 4.72. The number of hydrogen-bond acceptors (Lipinski definition) is 7. The minimum Gasteiger partial charge on any atom is -0.462 e. The van der Waals surface area contributed by atoms with Gasteiger partial charge in [-0.3, -0.25) is 0 Å². The van der Waals surface area contributed by atoms with Crippen LogP contribution in [0, 0.1) is 5.92 Å². The van der Waals surface area contributed by atoms with Crippen LogP contribution in [0.3, 0.4) is 0 Å². The molecule has 26 heavy (non-hydrogen) atoms. The Kier molecular flexibility index (Phi) is 4.64. The van der Waals surface area contributed by atoms with Crippen LogP contribution in [-0.2, 0) is 9.47 Å². The lowest BCUT2D eigenvalue weighted by atomic mass is 9.82. The fourth-order valence-corrected chi connectivity index (χ4v) is 2.97. The van der Waals surface area contributed by atoms with E-state index >= 15 is 0 Å². The van der Waals surface area contributed by atoms with Crippen LogP contribution in [0.1, 0.15) is 20.8 Å². The number of rotatable bonds is 3. The van der Waals surface area contributed by atoms with Crippen molar-refractivity contribution in [3.05, 3.63) is 40.8 Å². The molecule has 1 unspecified atom stereocenters. The lowest BCUT2D eigenvalue weighted by molar-refractivity contribution is -0.283. The highest BCUT2D eigenvalue weighted by atomic mass is 16.7. The van der Waals surface area contributed by atoms with Gasteiger partial charge in [-0.1, -0.05) is 6.92 Å². The summed E-state index contributed by atoms with van der Waals surface area (Å²) in [6.07, 6.45) is -4.22. The molecule has 0 aliphatic carbocycles. The van der Waals surface area contributed by atoms with Crippen molar-refractivity contribution in [3.8, 4) is 5.75 Å². The van der Waals surface area contributed by atoms with Gasteiger partial charge in [0.2, 0.25) is 6.29 Å². The minimum absolute atomic E-state index is 0.320. The van der Waals surface area contributed by atoms with Gasteiger partial charge in [0.1, 0.15) is 17.4 Å². The molecular formula is C18H21NO7. The fraction of sp³-hybridized carbons (Fsp3) is 0.444. The smallest absolute Gasteiger partial charge is 0.404 e. The Balaban J connectivity index is 1.87. The lowest BCUT2D eigenvalue weighted by Gasteiger charge is -2.47. The van der Waals surface area contributed by atoms with Crippen molar-refractivity contribution in [1.29, 1.82) is 0 Å². The van der Waals surface area contributed by atoms with E-state index in [0.29, 0.717) is 11.3 Å². The van der Waals surface area contributed by atoms with Crippen molar-refractivity contribution in [2.24, 2.45) is 11.7 Å². The lowest BCUT2D eigenvalue weighted by Crippen LogP contribution is -2.60. The number of carbonyl (C=O) groups excluding carboxylic acids is 1. The van der Waals surface area contributed by atoms with Crippen LogP contribution in [0.15, 0.2) is 39.5 Å². The molecule has 0 saturated carbocycles. The van der Waals surface area contributed by atoms with Gasteiger partial charge in [-0.05, 0) is 32.0 Å². The average Bonchev–Trinajstić information content (AvgIpc) is 2.56. The van der Waals surface area contributed by atoms with E-state index in [1.807, 2.05) is 0 Å². The molecule has 2 heterocycles. The Bertz CT molecular complexity index is 875. The number of hydrogen-bond donors (Lipinski definition) is 2. The van der Waals surface area contributed by atoms with E-state index in [4.69, 9.17) is 24.4 Å². The fourth-order valence-electron chi connectivity index (χ4n) is 2.97. The molecule has 8 nitrogen and oxygen atoms in total. The zero-order valence-electron chi connectivity index (χ0n) is 14.7. The molecule has 0 bridgehead atoms. The molecule has 2 aromatic rings. The third-order valence-electron chi connectivity index (χ3n) is 4.72. The van der Waals surface area contributed by atoms with Crippen LogP contribution in [-0.4, -0.2) is 35.3 Å². The number of amides is 1. The van der Waals surface area contributed by atoms with Crippen molar-refractivity contribution in [1.82, 2.24) is 0 Å². The van der Waals surface area contributed by atoms with Crippen LogP contribution < -0.4 is 16.1 Å². The molecule has 0 spiro atoms. The quantitative estimate of drug-likeness (QED) is 0.797. The molecule has 1 aliphatic heterocycles. The number of ether oxygens (including phenoxy) is 3. The van der Waals surface area contributed by atoms with E-state index in [0.717, 1.165) is 5.39 Å². The van der Waals surface area contributed by atoms with Gasteiger partial charge in [-0.25, -0.2) is 9.59 Å². The summed E-state index contributed by atoms with van der Waals surface area (Å²) in [5, 5.41) is 11.3. The molecule has 0 radical (unpaired) electrons. The molecule has 140 valence electrons. The molecule has 1 aromatic heterocycles. The van der Waals surface area contributed by atoms with Crippen LogP contribution in [0.4, 0.5) is 4.79 Å². The molecule has 1 saturated heterocycles. The third kappa shape index (κ3) is 3.51. The molecule has 1 aliphatic rings. The van der Waals surface area contributed by atoms with Gasteiger partial charge < -0.3 is 29.5 Å². The zero-order chi connectivity index (χ0) is 19.1. The number of aliphatic hydroxyl groups is 1. The van der Waals surface area contributed by atoms with Gasteiger partial charge >= 0.3 is 11.7 Å². The number of benzene rings is 1. The van der Waals surface area contributed by atoms with E-state index in [9.17, 15) is 14.7 Å². The van der Waals surface area contributed by atoms with Crippen LogP contribution in [0.5, 0.6) is 5.75 Å². The normalized spacial score (nSPS) is 27.8. The summed E-state index contributed by atoms with van der Waals surface area (Å²) in [6, 6.07) is 7.87. The standard InChI is InChI=1S/C18H21NO7/c1-9-15(25-17(19)22)14(21)16(26-18(9,2)3)23-11-6-4-10-5-7-13(20)24-12(10)8-11/h4-9,14-16,21H,1-3H3,(H2,19,22)/t9-,14+,15+,16?/m1/s1. The number of fused-ring (bicyclic) bond motifs is 1. The van der Waals surface area contributed by atoms with Crippen LogP contribution in [0.2, 0.25) is 0 Å². The first-order valence-electron chi connectivity index (χ1n) is 8.20. The maximum Gasteiger partial charge on any atom is 0.404 e. The van der Waals surface area contributed by atoms with Crippen LogP contribution in [0.25, 0.3) is 11.0 Å². The van der Waals surface area contributed by atoms with E-state index in [1.54, 1.807) is 39.0 Å². The van der Waals surface area contributed by atoms with Gasteiger partial charge in [-0.2, -0.15) is 0 Å². The molecule has 1 amide bonds. The second-order valence-electron chi connectivity index (χ2n) is 6.84. The second-order valence-corrected chi connectivity index (χ2v) is 6.84. The largest absolute Gasteiger partial charge is 0.462 e. The van der Waals surface area contributed by atoms with Crippen molar-refractivity contribution >= 4 is 17.1 Å². The van der Waals surface area contributed by atoms with E-state index in [2.05, 4.69) is 0 Å². The van der Waals surface area contributed by atoms with Crippen molar-refractivity contribution in [3.63, 3.8) is 0 Å². The highest BCUT2D eigenvalue weighted by molar-refractivity contribution is 5.77. The van der Waals surface area contributed by atoms with E-state index in [-0.39, 0.29) is 5.92 Å². The Labute approximate surface area is 149 Å². The first-order chi connectivity index (χ1) is 12.2. The average molecular weight is 363 g/mol. The van der Waals surface area contributed by atoms with Gasteiger partial charge in [0.05, 0.1) is 5.60 Å². The Morgan fingerprint density at radius 3 is 2.65 bits per heavy atom. The SMILES string of the molecule is C[C@@H]1[C@H](OC(N)=O)[C@H](O)C(Oc2ccc3ccc(=O)oc3c2)OC1(C)C. The number of nitrogens with two attached hydrogens (primary N) is 1. The Hall–Kier alpha value is -2.58.